The molecule has 1 N–H and O–H groups in total. The van der Waals surface area contributed by atoms with Crippen LogP contribution >= 0.6 is 0 Å². The number of hydrogen-bond donors (Lipinski definition) is 1. The second-order valence-corrected chi connectivity index (χ2v) is 7.97. The van der Waals surface area contributed by atoms with E-state index in [1.165, 1.54) is 31.2 Å². The summed E-state index contributed by atoms with van der Waals surface area (Å²) in [6.07, 6.45) is 0.863. The van der Waals surface area contributed by atoms with Crippen molar-refractivity contribution in [2.24, 2.45) is 0 Å². The first kappa shape index (κ1) is 20.8. The first-order valence-corrected chi connectivity index (χ1v) is 9.86. The van der Waals surface area contributed by atoms with Crippen molar-refractivity contribution in [2.75, 3.05) is 10.6 Å². The van der Waals surface area contributed by atoms with Crippen molar-refractivity contribution in [3.8, 4) is 0 Å². The van der Waals surface area contributed by atoms with Gasteiger partial charge in [-0.15, -0.1) is 0 Å². The Hall–Kier alpha value is -2.55. The largest absolute Gasteiger partial charge is 0.348 e. The van der Waals surface area contributed by atoms with Crippen LogP contribution in [0, 0.1) is 17.5 Å². The van der Waals surface area contributed by atoms with Crippen molar-refractivity contribution in [3.63, 3.8) is 0 Å². The Morgan fingerprint density at radius 2 is 1.59 bits per heavy atom. The third kappa shape index (κ3) is 5.00. The SMILES string of the molecule is C[C@@H](NC(=O)[C@H](C)N(c1ccc(F)c(F)c1)S(C)(=O)=O)c1ccc(F)cc1. The highest BCUT2D eigenvalue weighted by molar-refractivity contribution is 7.92. The van der Waals surface area contributed by atoms with Crippen molar-refractivity contribution in [1.82, 2.24) is 5.32 Å². The molecule has 2 atom stereocenters. The number of sulfonamides is 1. The number of amides is 1. The van der Waals surface area contributed by atoms with Crippen molar-refractivity contribution in [2.45, 2.75) is 25.9 Å². The van der Waals surface area contributed by atoms with E-state index >= 15 is 0 Å². The summed E-state index contributed by atoms with van der Waals surface area (Å²) in [4.78, 5) is 12.5. The Balaban J connectivity index is 2.26. The predicted molar refractivity (Wildman–Crippen MR) is 96.1 cm³/mol. The van der Waals surface area contributed by atoms with Crippen LogP contribution in [0.25, 0.3) is 0 Å². The fourth-order valence-electron chi connectivity index (χ4n) is 2.60. The number of hydrogen-bond acceptors (Lipinski definition) is 3. The molecule has 0 radical (unpaired) electrons. The monoisotopic (exact) mass is 400 g/mol. The summed E-state index contributed by atoms with van der Waals surface area (Å²) in [5, 5.41) is 2.63. The molecule has 27 heavy (non-hydrogen) atoms. The normalized spacial score (nSPS) is 13.7. The molecule has 0 bridgehead atoms. The standard InChI is InChI=1S/C18H19F3N2O3S/c1-11(13-4-6-14(19)7-5-13)22-18(24)12(2)23(27(3,25)26)15-8-9-16(20)17(21)10-15/h4-12H,1-3H3,(H,22,24)/t11-,12+/m1/s1. The van der Waals surface area contributed by atoms with Gasteiger partial charge < -0.3 is 5.32 Å². The number of anilines is 1. The summed E-state index contributed by atoms with van der Waals surface area (Å²) in [6, 6.07) is 6.30. The van der Waals surface area contributed by atoms with Gasteiger partial charge >= 0.3 is 0 Å². The zero-order valence-electron chi connectivity index (χ0n) is 14.9. The van der Waals surface area contributed by atoms with Gasteiger partial charge in [0.1, 0.15) is 11.9 Å². The van der Waals surface area contributed by atoms with E-state index in [0.29, 0.717) is 15.9 Å². The summed E-state index contributed by atoms with van der Waals surface area (Å²) in [6.45, 7) is 2.98. The number of nitrogens with one attached hydrogen (secondary N) is 1. The van der Waals surface area contributed by atoms with E-state index in [1.807, 2.05) is 0 Å². The Labute approximate surface area is 155 Å². The fourth-order valence-corrected chi connectivity index (χ4v) is 3.77. The summed E-state index contributed by atoms with van der Waals surface area (Å²) in [7, 11) is -3.96. The van der Waals surface area contributed by atoms with Crippen LogP contribution in [0.2, 0.25) is 0 Å². The molecule has 0 unspecified atom stereocenters. The quantitative estimate of drug-likeness (QED) is 0.810. The van der Waals surface area contributed by atoms with E-state index in [1.54, 1.807) is 6.92 Å². The van der Waals surface area contributed by atoms with Gasteiger partial charge in [0.25, 0.3) is 0 Å². The topological polar surface area (TPSA) is 66.5 Å². The molecule has 2 rings (SSSR count). The van der Waals surface area contributed by atoms with Crippen LogP contribution in [0.1, 0.15) is 25.5 Å². The lowest BCUT2D eigenvalue weighted by atomic mass is 10.1. The molecule has 0 saturated carbocycles. The van der Waals surface area contributed by atoms with Crippen LogP contribution in [0.15, 0.2) is 42.5 Å². The number of rotatable bonds is 6. The molecule has 2 aromatic rings. The van der Waals surface area contributed by atoms with Gasteiger partial charge in [0.05, 0.1) is 18.0 Å². The molecule has 2 aromatic carbocycles. The van der Waals surface area contributed by atoms with Crippen LogP contribution in [-0.4, -0.2) is 26.6 Å². The Kier molecular flexibility index (Phi) is 6.15. The van der Waals surface area contributed by atoms with Crippen LogP contribution < -0.4 is 9.62 Å². The lowest BCUT2D eigenvalue weighted by molar-refractivity contribution is -0.122. The van der Waals surface area contributed by atoms with E-state index in [2.05, 4.69) is 5.32 Å². The van der Waals surface area contributed by atoms with Crippen LogP contribution in [0.5, 0.6) is 0 Å². The molecule has 0 aromatic heterocycles. The highest BCUT2D eigenvalue weighted by atomic mass is 32.2. The second-order valence-electron chi connectivity index (χ2n) is 6.12. The molecule has 1 amide bonds. The van der Waals surface area contributed by atoms with Gasteiger partial charge in [0.2, 0.25) is 15.9 Å². The summed E-state index contributed by atoms with van der Waals surface area (Å²) in [5.41, 5.74) is 0.448. The van der Waals surface area contributed by atoms with E-state index < -0.39 is 45.5 Å². The van der Waals surface area contributed by atoms with Crippen molar-refractivity contribution in [3.05, 3.63) is 65.5 Å². The zero-order chi connectivity index (χ0) is 20.4. The van der Waals surface area contributed by atoms with E-state index in [9.17, 15) is 26.4 Å². The highest BCUT2D eigenvalue weighted by Gasteiger charge is 2.30. The molecule has 0 aliphatic rings. The van der Waals surface area contributed by atoms with Crippen molar-refractivity contribution < 1.29 is 26.4 Å². The maximum Gasteiger partial charge on any atom is 0.244 e. The van der Waals surface area contributed by atoms with Crippen LogP contribution in [-0.2, 0) is 14.8 Å². The molecule has 5 nitrogen and oxygen atoms in total. The zero-order valence-corrected chi connectivity index (χ0v) is 15.7. The minimum absolute atomic E-state index is 0.173. The predicted octanol–water partition coefficient (Wildman–Crippen LogP) is 3.14. The average molecular weight is 400 g/mol. The van der Waals surface area contributed by atoms with Crippen LogP contribution in [0.3, 0.4) is 0 Å². The van der Waals surface area contributed by atoms with Crippen molar-refractivity contribution >= 4 is 21.6 Å². The van der Waals surface area contributed by atoms with Gasteiger partial charge in [-0.3, -0.25) is 9.10 Å². The van der Waals surface area contributed by atoms with Gasteiger partial charge in [-0.1, -0.05) is 12.1 Å². The molecular formula is C18H19F3N2O3S. The molecule has 146 valence electrons. The molecule has 0 aliphatic carbocycles. The summed E-state index contributed by atoms with van der Waals surface area (Å²) >= 11 is 0. The van der Waals surface area contributed by atoms with Gasteiger partial charge in [0.15, 0.2) is 11.6 Å². The minimum Gasteiger partial charge on any atom is -0.348 e. The number of halogens is 3. The molecule has 0 aliphatic heterocycles. The number of benzene rings is 2. The second kappa shape index (κ2) is 7.99. The lowest BCUT2D eigenvalue weighted by Crippen LogP contribution is -2.48. The Morgan fingerprint density at radius 1 is 1.00 bits per heavy atom. The highest BCUT2D eigenvalue weighted by Crippen LogP contribution is 2.23. The third-order valence-electron chi connectivity index (χ3n) is 3.97. The molecule has 0 spiro atoms. The summed E-state index contributed by atoms with van der Waals surface area (Å²) in [5.74, 6) is -3.43. The van der Waals surface area contributed by atoms with E-state index in [0.717, 1.165) is 18.4 Å². The van der Waals surface area contributed by atoms with Gasteiger partial charge in [-0.2, -0.15) is 0 Å². The van der Waals surface area contributed by atoms with Crippen LogP contribution in [0.4, 0.5) is 18.9 Å². The first-order chi connectivity index (χ1) is 12.5. The minimum atomic E-state index is -3.96. The number of nitrogens with zero attached hydrogens (tertiary/aromatic N) is 1. The molecule has 0 saturated heterocycles. The van der Waals surface area contributed by atoms with E-state index in [-0.39, 0.29) is 5.69 Å². The average Bonchev–Trinajstić information content (AvgIpc) is 2.57. The molecule has 9 heteroatoms. The van der Waals surface area contributed by atoms with Gasteiger partial charge in [0, 0.05) is 6.07 Å². The number of carbonyl (C=O) groups excluding carboxylic acids is 1. The summed E-state index contributed by atoms with van der Waals surface area (Å²) < 4.78 is 64.7. The molecule has 0 fully saturated rings. The van der Waals surface area contributed by atoms with Gasteiger partial charge in [-0.05, 0) is 43.7 Å². The Morgan fingerprint density at radius 3 is 2.11 bits per heavy atom. The maximum absolute atomic E-state index is 13.5. The smallest absolute Gasteiger partial charge is 0.244 e. The fraction of sp³-hybridized carbons (Fsp3) is 0.278. The molecular weight excluding hydrogens is 381 g/mol. The third-order valence-corrected chi connectivity index (χ3v) is 5.22. The van der Waals surface area contributed by atoms with E-state index in [4.69, 9.17) is 0 Å². The first-order valence-electron chi connectivity index (χ1n) is 8.01. The maximum atomic E-state index is 13.5. The Bertz CT molecular complexity index is 933. The number of carbonyl (C=O) groups is 1. The van der Waals surface area contributed by atoms with Gasteiger partial charge in [-0.25, -0.2) is 21.6 Å². The van der Waals surface area contributed by atoms with Crippen molar-refractivity contribution in [1.29, 1.82) is 0 Å². The lowest BCUT2D eigenvalue weighted by Gasteiger charge is -2.29. The molecule has 0 heterocycles.